The van der Waals surface area contributed by atoms with Gasteiger partial charge in [0, 0.05) is 17.8 Å². The molecule has 0 unspecified atom stereocenters. The van der Waals surface area contributed by atoms with E-state index in [1.165, 1.54) is 13.2 Å². The van der Waals surface area contributed by atoms with Crippen molar-refractivity contribution in [2.45, 2.75) is 6.42 Å². The number of hydrogen-bond acceptors (Lipinski definition) is 2. The Bertz CT molecular complexity index is 312. The maximum absolute atomic E-state index is 13.1. The molecule has 2 rings (SSSR count). The molecule has 0 saturated carbocycles. The van der Waals surface area contributed by atoms with Crippen LogP contribution in [0.5, 0.6) is 5.75 Å². The third kappa shape index (κ3) is 0.932. The molecule has 0 aliphatic carbocycles. The predicted octanol–water partition coefficient (Wildman–Crippen LogP) is 1.80. The van der Waals surface area contributed by atoms with Crippen LogP contribution in [0, 0.1) is 5.82 Å². The van der Waals surface area contributed by atoms with E-state index in [1.807, 2.05) is 0 Å². The summed E-state index contributed by atoms with van der Waals surface area (Å²) >= 11 is 0. The summed E-state index contributed by atoms with van der Waals surface area (Å²) in [6.45, 7) is 0.870. The maximum Gasteiger partial charge on any atom is 0.165 e. The van der Waals surface area contributed by atoms with Gasteiger partial charge in [0.25, 0.3) is 0 Å². The SMILES string of the molecule is COc1c(F)ccc2c1CCN2. The number of halogens is 1. The van der Waals surface area contributed by atoms with E-state index < -0.39 is 0 Å². The van der Waals surface area contributed by atoms with Crippen LogP contribution in [0.15, 0.2) is 12.1 Å². The molecular formula is C9H10FNO. The average Bonchev–Trinajstić information content (AvgIpc) is 2.52. The Morgan fingerprint density at radius 1 is 1.50 bits per heavy atom. The molecule has 1 aromatic carbocycles. The smallest absolute Gasteiger partial charge is 0.165 e. The fourth-order valence-electron chi connectivity index (χ4n) is 1.56. The van der Waals surface area contributed by atoms with Crippen LogP contribution in [0.4, 0.5) is 10.1 Å². The Labute approximate surface area is 70.3 Å². The molecule has 1 heterocycles. The Morgan fingerprint density at radius 3 is 3.08 bits per heavy atom. The first-order valence-electron chi connectivity index (χ1n) is 3.92. The van der Waals surface area contributed by atoms with E-state index in [1.54, 1.807) is 6.07 Å². The van der Waals surface area contributed by atoms with Crippen molar-refractivity contribution in [3.05, 3.63) is 23.5 Å². The normalized spacial score (nSPS) is 13.8. The van der Waals surface area contributed by atoms with Crippen LogP contribution >= 0.6 is 0 Å². The number of fused-ring (bicyclic) bond motifs is 1. The highest BCUT2D eigenvalue weighted by Crippen LogP contribution is 2.32. The second kappa shape index (κ2) is 2.66. The third-order valence-electron chi connectivity index (χ3n) is 2.11. The van der Waals surface area contributed by atoms with Crippen molar-refractivity contribution in [3.63, 3.8) is 0 Å². The second-order valence-corrected chi connectivity index (χ2v) is 2.78. The van der Waals surface area contributed by atoms with E-state index in [0.717, 1.165) is 24.2 Å². The highest BCUT2D eigenvalue weighted by Gasteiger charge is 2.17. The first-order chi connectivity index (χ1) is 5.83. The first-order valence-corrected chi connectivity index (χ1v) is 3.92. The average molecular weight is 167 g/mol. The quantitative estimate of drug-likeness (QED) is 0.688. The predicted molar refractivity (Wildman–Crippen MR) is 45.1 cm³/mol. The fraction of sp³-hybridized carbons (Fsp3) is 0.333. The van der Waals surface area contributed by atoms with Crippen molar-refractivity contribution in [2.75, 3.05) is 19.0 Å². The van der Waals surface area contributed by atoms with Crippen LogP contribution in [-0.4, -0.2) is 13.7 Å². The summed E-state index contributed by atoms with van der Waals surface area (Å²) in [5, 5.41) is 3.16. The molecule has 0 aromatic heterocycles. The number of methoxy groups -OCH3 is 1. The van der Waals surface area contributed by atoms with Gasteiger partial charge in [-0.3, -0.25) is 0 Å². The van der Waals surface area contributed by atoms with Crippen LogP contribution in [0.1, 0.15) is 5.56 Å². The monoisotopic (exact) mass is 167 g/mol. The largest absolute Gasteiger partial charge is 0.493 e. The van der Waals surface area contributed by atoms with Gasteiger partial charge in [-0.25, -0.2) is 4.39 Å². The summed E-state index contributed by atoms with van der Waals surface area (Å²) in [6.07, 6.45) is 0.844. The van der Waals surface area contributed by atoms with Gasteiger partial charge in [-0.15, -0.1) is 0 Å². The summed E-state index contributed by atoms with van der Waals surface area (Å²) in [5.41, 5.74) is 1.95. The zero-order valence-corrected chi connectivity index (χ0v) is 6.86. The maximum atomic E-state index is 13.1. The van der Waals surface area contributed by atoms with Crippen molar-refractivity contribution in [1.29, 1.82) is 0 Å². The van der Waals surface area contributed by atoms with E-state index >= 15 is 0 Å². The topological polar surface area (TPSA) is 21.3 Å². The van der Waals surface area contributed by atoms with Crippen LogP contribution in [0.25, 0.3) is 0 Å². The Balaban J connectivity index is 2.57. The zero-order chi connectivity index (χ0) is 8.55. The van der Waals surface area contributed by atoms with Gasteiger partial charge < -0.3 is 10.1 Å². The van der Waals surface area contributed by atoms with Gasteiger partial charge >= 0.3 is 0 Å². The lowest BCUT2D eigenvalue weighted by molar-refractivity contribution is 0.383. The minimum Gasteiger partial charge on any atom is -0.493 e. The number of benzene rings is 1. The highest BCUT2D eigenvalue weighted by atomic mass is 19.1. The molecule has 1 aliphatic rings. The molecule has 1 aliphatic heterocycles. The van der Waals surface area contributed by atoms with Crippen LogP contribution in [0.2, 0.25) is 0 Å². The fourth-order valence-corrected chi connectivity index (χ4v) is 1.56. The zero-order valence-electron chi connectivity index (χ0n) is 6.86. The van der Waals surface area contributed by atoms with Crippen molar-refractivity contribution in [2.24, 2.45) is 0 Å². The van der Waals surface area contributed by atoms with E-state index in [-0.39, 0.29) is 5.82 Å². The summed E-state index contributed by atoms with van der Waals surface area (Å²) in [4.78, 5) is 0. The molecule has 0 bridgehead atoms. The van der Waals surface area contributed by atoms with Gasteiger partial charge in [0.1, 0.15) is 0 Å². The van der Waals surface area contributed by atoms with Crippen LogP contribution in [-0.2, 0) is 6.42 Å². The minimum atomic E-state index is -0.278. The molecule has 0 saturated heterocycles. The van der Waals surface area contributed by atoms with Crippen LogP contribution < -0.4 is 10.1 Å². The molecule has 64 valence electrons. The molecule has 0 amide bonds. The lowest BCUT2D eigenvalue weighted by atomic mass is 10.1. The molecule has 0 spiro atoms. The third-order valence-corrected chi connectivity index (χ3v) is 2.11. The molecular weight excluding hydrogens is 157 g/mol. The van der Waals surface area contributed by atoms with Gasteiger partial charge in [0.15, 0.2) is 11.6 Å². The molecule has 0 atom stereocenters. The van der Waals surface area contributed by atoms with Crippen LogP contribution in [0.3, 0.4) is 0 Å². The number of nitrogens with one attached hydrogen (secondary N) is 1. The molecule has 0 radical (unpaired) electrons. The Morgan fingerprint density at radius 2 is 2.33 bits per heavy atom. The summed E-state index contributed by atoms with van der Waals surface area (Å²) in [7, 11) is 1.50. The van der Waals surface area contributed by atoms with Crippen molar-refractivity contribution < 1.29 is 9.13 Å². The lowest BCUT2D eigenvalue weighted by Crippen LogP contribution is -1.92. The molecule has 3 heteroatoms. The molecule has 0 fully saturated rings. The van der Waals surface area contributed by atoms with Crippen molar-refractivity contribution in [1.82, 2.24) is 0 Å². The van der Waals surface area contributed by atoms with Gasteiger partial charge in [0.05, 0.1) is 7.11 Å². The molecule has 2 nitrogen and oxygen atoms in total. The molecule has 1 N–H and O–H groups in total. The summed E-state index contributed by atoms with van der Waals surface area (Å²) < 4.78 is 18.1. The summed E-state index contributed by atoms with van der Waals surface area (Å²) in [5.74, 6) is 0.109. The van der Waals surface area contributed by atoms with Crippen molar-refractivity contribution >= 4 is 5.69 Å². The van der Waals surface area contributed by atoms with Gasteiger partial charge in [-0.2, -0.15) is 0 Å². The standard InChI is InChI=1S/C9H10FNO/c1-12-9-6-4-5-11-8(6)3-2-7(9)10/h2-3,11H,4-5H2,1H3. The Kier molecular flexibility index (Phi) is 1.64. The van der Waals surface area contributed by atoms with Gasteiger partial charge in [0.2, 0.25) is 0 Å². The second-order valence-electron chi connectivity index (χ2n) is 2.78. The van der Waals surface area contributed by atoms with Gasteiger partial charge in [-0.1, -0.05) is 0 Å². The van der Waals surface area contributed by atoms with Gasteiger partial charge in [-0.05, 0) is 18.6 Å². The lowest BCUT2D eigenvalue weighted by Gasteiger charge is -2.06. The van der Waals surface area contributed by atoms with Crippen molar-refractivity contribution in [3.8, 4) is 5.75 Å². The highest BCUT2D eigenvalue weighted by molar-refractivity contribution is 5.61. The number of anilines is 1. The van der Waals surface area contributed by atoms with E-state index in [9.17, 15) is 4.39 Å². The number of hydrogen-bond donors (Lipinski definition) is 1. The number of ether oxygens (including phenoxy) is 1. The molecule has 12 heavy (non-hydrogen) atoms. The van der Waals surface area contributed by atoms with E-state index in [2.05, 4.69) is 5.32 Å². The minimum absolute atomic E-state index is 0.278. The summed E-state index contributed by atoms with van der Waals surface area (Å²) in [6, 6.07) is 3.18. The van der Waals surface area contributed by atoms with E-state index in [4.69, 9.17) is 4.74 Å². The van der Waals surface area contributed by atoms with E-state index in [0.29, 0.717) is 5.75 Å². The molecule has 1 aromatic rings. The Hall–Kier alpha value is -1.25. The first kappa shape index (κ1) is 7.40. The number of rotatable bonds is 1.